The number of amides is 1. The molecule has 1 fully saturated rings. The average Bonchev–Trinajstić information content (AvgIpc) is 3.11. The van der Waals surface area contributed by atoms with Crippen molar-refractivity contribution in [3.8, 4) is 0 Å². The van der Waals surface area contributed by atoms with Gasteiger partial charge in [-0.1, -0.05) is 6.07 Å². The summed E-state index contributed by atoms with van der Waals surface area (Å²) in [5.41, 5.74) is 0.551. The Morgan fingerprint density at radius 1 is 1.56 bits per heavy atom. The van der Waals surface area contributed by atoms with Crippen LogP contribution >= 0.6 is 0 Å². The van der Waals surface area contributed by atoms with Crippen molar-refractivity contribution in [2.24, 2.45) is 0 Å². The van der Waals surface area contributed by atoms with Crippen LogP contribution in [0.4, 0.5) is 4.39 Å². The van der Waals surface area contributed by atoms with Crippen molar-refractivity contribution in [3.63, 3.8) is 0 Å². The zero-order valence-electron chi connectivity index (χ0n) is 9.11. The van der Waals surface area contributed by atoms with Gasteiger partial charge in [0.1, 0.15) is 5.82 Å². The Morgan fingerprint density at radius 2 is 2.25 bits per heavy atom. The summed E-state index contributed by atoms with van der Waals surface area (Å²) in [4.78, 5) is 13.5. The highest BCUT2D eigenvalue weighted by Gasteiger charge is 2.30. The number of hydrogen-bond acceptors (Lipinski definition) is 2. The molecular weight excluding hydrogens is 209 g/mol. The number of aliphatic hydroxyl groups excluding tert-OH is 1. The molecule has 1 aliphatic carbocycles. The lowest BCUT2D eigenvalue weighted by Crippen LogP contribution is -2.28. The summed E-state index contributed by atoms with van der Waals surface area (Å²) < 4.78 is 13.4. The number of rotatable bonds is 3. The van der Waals surface area contributed by atoms with Gasteiger partial charge in [0.05, 0.1) is 6.61 Å². The molecule has 0 bridgehead atoms. The standard InChI is InChI=1S/C12H14FNO2/c1-14(10-4-5-10)12(16)8-2-3-9(7-15)11(13)6-8/h2-3,6,10,15H,4-5,7H2,1H3. The first-order chi connectivity index (χ1) is 7.63. The van der Waals surface area contributed by atoms with Crippen molar-refractivity contribution in [2.75, 3.05) is 7.05 Å². The van der Waals surface area contributed by atoms with Crippen LogP contribution in [-0.4, -0.2) is 29.0 Å². The zero-order valence-corrected chi connectivity index (χ0v) is 9.11. The van der Waals surface area contributed by atoms with Gasteiger partial charge in [-0.25, -0.2) is 4.39 Å². The molecule has 86 valence electrons. The van der Waals surface area contributed by atoms with Gasteiger partial charge < -0.3 is 10.0 Å². The molecular formula is C12H14FNO2. The summed E-state index contributed by atoms with van der Waals surface area (Å²) in [6, 6.07) is 4.50. The molecule has 0 atom stereocenters. The molecule has 0 heterocycles. The summed E-state index contributed by atoms with van der Waals surface area (Å²) >= 11 is 0. The van der Waals surface area contributed by atoms with E-state index in [9.17, 15) is 9.18 Å². The number of nitrogens with zero attached hydrogens (tertiary/aromatic N) is 1. The highest BCUT2D eigenvalue weighted by atomic mass is 19.1. The molecule has 1 N–H and O–H groups in total. The Hall–Kier alpha value is -1.42. The number of aliphatic hydroxyl groups is 1. The molecule has 4 heteroatoms. The second kappa shape index (κ2) is 4.22. The molecule has 0 aliphatic heterocycles. The SMILES string of the molecule is CN(C(=O)c1ccc(CO)c(F)c1)C1CC1. The lowest BCUT2D eigenvalue weighted by atomic mass is 10.1. The summed E-state index contributed by atoms with van der Waals surface area (Å²) in [5.74, 6) is -0.691. The maximum absolute atomic E-state index is 13.4. The van der Waals surface area contributed by atoms with Crippen LogP contribution in [0.25, 0.3) is 0 Å². The van der Waals surface area contributed by atoms with E-state index < -0.39 is 5.82 Å². The molecule has 16 heavy (non-hydrogen) atoms. The Bertz CT molecular complexity index is 415. The summed E-state index contributed by atoms with van der Waals surface area (Å²) in [6.45, 7) is -0.348. The zero-order chi connectivity index (χ0) is 11.7. The molecule has 1 saturated carbocycles. The number of carbonyl (C=O) groups is 1. The Balaban J connectivity index is 2.20. The smallest absolute Gasteiger partial charge is 0.253 e. The maximum atomic E-state index is 13.4. The molecule has 0 radical (unpaired) electrons. The van der Waals surface area contributed by atoms with Crippen molar-refractivity contribution in [2.45, 2.75) is 25.5 Å². The molecule has 0 aromatic heterocycles. The highest BCUT2D eigenvalue weighted by Crippen LogP contribution is 2.26. The molecule has 0 saturated heterocycles. The van der Waals surface area contributed by atoms with Crippen LogP contribution in [0.2, 0.25) is 0 Å². The van der Waals surface area contributed by atoms with E-state index in [0.29, 0.717) is 11.6 Å². The van der Waals surface area contributed by atoms with Crippen LogP contribution in [0, 0.1) is 5.82 Å². The third kappa shape index (κ3) is 2.07. The fourth-order valence-corrected chi connectivity index (χ4v) is 1.64. The molecule has 0 spiro atoms. The Labute approximate surface area is 93.5 Å². The van der Waals surface area contributed by atoms with Crippen LogP contribution in [0.1, 0.15) is 28.8 Å². The van der Waals surface area contributed by atoms with E-state index in [1.807, 2.05) is 0 Å². The second-order valence-corrected chi connectivity index (χ2v) is 4.11. The van der Waals surface area contributed by atoms with Crippen molar-refractivity contribution in [1.29, 1.82) is 0 Å². The van der Waals surface area contributed by atoms with E-state index in [1.54, 1.807) is 18.0 Å². The van der Waals surface area contributed by atoms with Gasteiger partial charge in [0.15, 0.2) is 0 Å². The van der Waals surface area contributed by atoms with Gasteiger partial charge in [-0.3, -0.25) is 4.79 Å². The fourth-order valence-electron chi connectivity index (χ4n) is 1.64. The van der Waals surface area contributed by atoms with Gasteiger partial charge in [-0.15, -0.1) is 0 Å². The number of hydrogen-bond donors (Lipinski definition) is 1. The quantitative estimate of drug-likeness (QED) is 0.844. The minimum atomic E-state index is -0.530. The van der Waals surface area contributed by atoms with Crippen LogP contribution in [-0.2, 0) is 6.61 Å². The van der Waals surface area contributed by atoms with Crippen LogP contribution in [0.15, 0.2) is 18.2 Å². The largest absolute Gasteiger partial charge is 0.392 e. The van der Waals surface area contributed by atoms with Gasteiger partial charge in [-0.2, -0.15) is 0 Å². The van der Waals surface area contributed by atoms with Crippen molar-refractivity contribution in [1.82, 2.24) is 4.90 Å². The molecule has 2 rings (SSSR count). The van der Waals surface area contributed by atoms with E-state index in [-0.39, 0.29) is 18.1 Å². The minimum Gasteiger partial charge on any atom is -0.392 e. The first-order valence-electron chi connectivity index (χ1n) is 5.30. The molecule has 1 amide bonds. The van der Waals surface area contributed by atoms with Crippen molar-refractivity contribution in [3.05, 3.63) is 35.1 Å². The summed E-state index contributed by atoms with van der Waals surface area (Å²) in [7, 11) is 1.73. The molecule has 1 aromatic carbocycles. The van der Waals surface area contributed by atoms with Gasteiger partial charge >= 0.3 is 0 Å². The van der Waals surface area contributed by atoms with E-state index in [1.165, 1.54) is 12.1 Å². The maximum Gasteiger partial charge on any atom is 0.253 e. The number of benzene rings is 1. The molecule has 3 nitrogen and oxygen atoms in total. The van der Waals surface area contributed by atoms with Crippen LogP contribution < -0.4 is 0 Å². The first-order valence-corrected chi connectivity index (χ1v) is 5.30. The summed E-state index contributed by atoms with van der Waals surface area (Å²) in [6.07, 6.45) is 2.05. The van der Waals surface area contributed by atoms with Gasteiger partial charge in [0.25, 0.3) is 5.91 Å². The third-order valence-electron chi connectivity index (χ3n) is 2.89. The normalized spacial score (nSPS) is 14.9. The monoisotopic (exact) mass is 223 g/mol. The minimum absolute atomic E-state index is 0.161. The average molecular weight is 223 g/mol. The van der Waals surface area contributed by atoms with Crippen molar-refractivity contribution >= 4 is 5.91 Å². The van der Waals surface area contributed by atoms with Gasteiger partial charge in [0, 0.05) is 24.2 Å². The molecule has 1 aliphatic rings. The van der Waals surface area contributed by atoms with E-state index in [2.05, 4.69) is 0 Å². The molecule has 1 aromatic rings. The van der Waals surface area contributed by atoms with Gasteiger partial charge in [-0.05, 0) is 25.0 Å². The second-order valence-electron chi connectivity index (χ2n) is 4.11. The van der Waals surface area contributed by atoms with Crippen LogP contribution in [0.5, 0.6) is 0 Å². The Morgan fingerprint density at radius 3 is 2.75 bits per heavy atom. The first kappa shape index (κ1) is 11.1. The lowest BCUT2D eigenvalue weighted by molar-refractivity contribution is 0.0784. The van der Waals surface area contributed by atoms with Crippen molar-refractivity contribution < 1.29 is 14.3 Å². The predicted molar refractivity (Wildman–Crippen MR) is 57.4 cm³/mol. The fraction of sp³-hybridized carbons (Fsp3) is 0.417. The van der Waals surface area contributed by atoms with E-state index in [4.69, 9.17) is 5.11 Å². The Kier molecular flexibility index (Phi) is 2.92. The lowest BCUT2D eigenvalue weighted by Gasteiger charge is -2.16. The number of halogens is 1. The predicted octanol–water partition coefficient (Wildman–Crippen LogP) is 1.55. The highest BCUT2D eigenvalue weighted by molar-refractivity contribution is 5.94. The van der Waals surface area contributed by atoms with E-state index >= 15 is 0 Å². The van der Waals surface area contributed by atoms with E-state index in [0.717, 1.165) is 12.8 Å². The van der Waals surface area contributed by atoms with Gasteiger partial charge in [0.2, 0.25) is 0 Å². The van der Waals surface area contributed by atoms with Crippen LogP contribution in [0.3, 0.4) is 0 Å². The third-order valence-corrected chi connectivity index (χ3v) is 2.89. The number of carbonyl (C=O) groups excluding carboxylic acids is 1. The molecule has 0 unspecified atom stereocenters. The topological polar surface area (TPSA) is 40.5 Å². The summed E-state index contributed by atoms with van der Waals surface area (Å²) in [5, 5.41) is 8.82.